The zero-order chi connectivity index (χ0) is 10.7. The monoisotopic (exact) mass is 206 g/mol. The number of hydrogen-bond acceptors (Lipinski definition) is 5. The molecule has 0 aliphatic rings. The molecule has 0 aliphatic heterocycles. The van der Waals surface area contributed by atoms with Crippen molar-refractivity contribution in [2.24, 2.45) is 0 Å². The lowest BCUT2D eigenvalue weighted by atomic mass is 10.4. The molecule has 2 aromatic rings. The van der Waals surface area contributed by atoms with E-state index in [2.05, 4.69) is 37.5 Å². The average molecular weight is 206 g/mol. The van der Waals surface area contributed by atoms with Gasteiger partial charge in [0, 0.05) is 13.6 Å². The van der Waals surface area contributed by atoms with Crippen molar-refractivity contribution in [2.45, 2.75) is 13.3 Å². The van der Waals surface area contributed by atoms with Crippen LogP contribution in [-0.4, -0.2) is 33.5 Å². The molecule has 0 atom stereocenters. The predicted octanol–water partition coefficient (Wildman–Crippen LogP) is 1.22. The van der Waals surface area contributed by atoms with Gasteiger partial charge in [-0.1, -0.05) is 6.92 Å². The van der Waals surface area contributed by atoms with Crippen molar-refractivity contribution in [3.8, 4) is 0 Å². The molecule has 0 saturated heterocycles. The van der Waals surface area contributed by atoms with Crippen molar-refractivity contribution in [1.82, 2.24) is 19.9 Å². The molecule has 0 aromatic carbocycles. The van der Waals surface area contributed by atoms with Gasteiger partial charge in [-0.2, -0.15) is 9.97 Å². The zero-order valence-corrected chi connectivity index (χ0v) is 8.83. The van der Waals surface area contributed by atoms with Crippen LogP contribution in [0.4, 0.5) is 11.8 Å². The van der Waals surface area contributed by atoms with Crippen molar-refractivity contribution in [3.05, 3.63) is 6.33 Å². The van der Waals surface area contributed by atoms with Gasteiger partial charge in [0.2, 0.25) is 5.95 Å². The van der Waals surface area contributed by atoms with Crippen LogP contribution < -0.4 is 10.6 Å². The first-order chi connectivity index (χ1) is 7.35. The fraction of sp³-hybridized carbons (Fsp3) is 0.444. The minimum absolute atomic E-state index is 0.612. The van der Waals surface area contributed by atoms with Crippen LogP contribution in [0.15, 0.2) is 6.33 Å². The molecule has 0 aliphatic carbocycles. The number of nitrogens with zero attached hydrogens (tertiary/aromatic N) is 3. The Hall–Kier alpha value is -1.85. The normalized spacial score (nSPS) is 10.5. The molecular formula is C9H14N6. The molecule has 6 nitrogen and oxygen atoms in total. The largest absolute Gasteiger partial charge is 0.371 e. The molecule has 2 rings (SSSR count). The van der Waals surface area contributed by atoms with Crippen molar-refractivity contribution in [2.75, 3.05) is 24.2 Å². The Kier molecular flexibility index (Phi) is 2.66. The smallest absolute Gasteiger partial charge is 0.226 e. The third kappa shape index (κ3) is 1.83. The second kappa shape index (κ2) is 4.12. The molecule has 2 heterocycles. The topological polar surface area (TPSA) is 78.5 Å². The highest BCUT2D eigenvalue weighted by Gasteiger charge is 2.07. The fourth-order valence-corrected chi connectivity index (χ4v) is 1.33. The lowest BCUT2D eigenvalue weighted by Crippen LogP contribution is -2.06. The van der Waals surface area contributed by atoms with E-state index in [1.807, 2.05) is 7.05 Å². The van der Waals surface area contributed by atoms with Gasteiger partial charge in [0.15, 0.2) is 11.5 Å². The molecule has 3 N–H and O–H groups in total. The van der Waals surface area contributed by atoms with E-state index in [9.17, 15) is 0 Å². The highest BCUT2D eigenvalue weighted by atomic mass is 15.2. The summed E-state index contributed by atoms with van der Waals surface area (Å²) in [5.41, 5.74) is 1.51. The Morgan fingerprint density at radius 3 is 3.00 bits per heavy atom. The van der Waals surface area contributed by atoms with Crippen molar-refractivity contribution in [3.63, 3.8) is 0 Å². The van der Waals surface area contributed by atoms with Crippen molar-refractivity contribution < 1.29 is 0 Å². The number of nitrogens with one attached hydrogen (secondary N) is 3. The van der Waals surface area contributed by atoms with Gasteiger partial charge < -0.3 is 15.6 Å². The molecular weight excluding hydrogens is 192 g/mol. The summed E-state index contributed by atoms with van der Waals surface area (Å²) < 4.78 is 0. The van der Waals surface area contributed by atoms with Gasteiger partial charge >= 0.3 is 0 Å². The van der Waals surface area contributed by atoms with Crippen LogP contribution in [0.2, 0.25) is 0 Å². The third-order valence-corrected chi connectivity index (χ3v) is 2.06. The molecule has 0 unspecified atom stereocenters. The van der Waals surface area contributed by atoms with E-state index in [1.165, 1.54) is 0 Å². The lowest BCUT2D eigenvalue weighted by molar-refractivity contribution is 0.956. The van der Waals surface area contributed by atoms with E-state index >= 15 is 0 Å². The summed E-state index contributed by atoms with van der Waals surface area (Å²) in [5.74, 6) is 1.37. The van der Waals surface area contributed by atoms with Crippen LogP contribution in [0.25, 0.3) is 11.2 Å². The minimum atomic E-state index is 0.612. The number of hydrogen-bond donors (Lipinski definition) is 3. The van der Waals surface area contributed by atoms with Gasteiger partial charge in [-0.3, -0.25) is 0 Å². The Bertz CT molecular complexity index is 449. The maximum absolute atomic E-state index is 4.32. The number of aromatic amines is 1. The fourth-order valence-electron chi connectivity index (χ4n) is 1.33. The highest BCUT2D eigenvalue weighted by molar-refractivity contribution is 5.83. The summed E-state index contributed by atoms with van der Waals surface area (Å²) >= 11 is 0. The van der Waals surface area contributed by atoms with Crippen molar-refractivity contribution in [1.29, 1.82) is 0 Å². The Labute approximate surface area is 87.5 Å². The van der Waals surface area contributed by atoms with E-state index in [-0.39, 0.29) is 0 Å². The van der Waals surface area contributed by atoms with E-state index < -0.39 is 0 Å². The average Bonchev–Trinajstić information content (AvgIpc) is 2.73. The van der Waals surface area contributed by atoms with Crippen LogP contribution in [0, 0.1) is 0 Å². The van der Waals surface area contributed by atoms with E-state index in [4.69, 9.17) is 0 Å². The summed E-state index contributed by atoms with van der Waals surface area (Å²) in [7, 11) is 1.83. The maximum atomic E-state index is 4.32. The highest BCUT2D eigenvalue weighted by Crippen LogP contribution is 2.17. The van der Waals surface area contributed by atoms with Crippen molar-refractivity contribution >= 4 is 22.9 Å². The number of anilines is 2. The van der Waals surface area contributed by atoms with E-state index in [0.717, 1.165) is 24.3 Å². The van der Waals surface area contributed by atoms with Crippen LogP contribution in [0.5, 0.6) is 0 Å². The van der Waals surface area contributed by atoms with E-state index in [0.29, 0.717) is 11.6 Å². The molecule has 0 fully saturated rings. The molecule has 0 radical (unpaired) electrons. The van der Waals surface area contributed by atoms with Gasteiger partial charge in [-0.25, -0.2) is 4.98 Å². The number of fused-ring (bicyclic) bond motifs is 1. The third-order valence-electron chi connectivity index (χ3n) is 2.06. The van der Waals surface area contributed by atoms with Gasteiger partial charge in [0.05, 0.1) is 6.33 Å². The molecule has 0 bridgehead atoms. The minimum Gasteiger partial charge on any atom is -0.371 e. The number of rotatable bonds is 4. The first-order valence-corrected chi connectivity index (χ1v) is 4.98. The summed E-state index contributed by atoms with van der Waals surface area (Å²) in [6.45, 7) is 2.96. The summed E-state index contributed by atoms with van der Waals surface area (Å²) in [6.07, 6.45) is 2.65. The second-order valence-corrected chi connectivity index (χ2v) is 3.17. The molecule has 15 heavy (non-hydrogen) atoms. The molecule has 0 amide bonds. The van der Waals surface area contributed by atoms with Gasteiger partial charge in [0.1, 0.15) is 5.52 Å². The van der Waals surface area contributed by atoms with Gasteiger partial charge in [-0.15, -0.1) is 0 Å². The predicted molar refractivity (Wildman–Crippen MR) is 60.0 cm³/mol. The van der Waals surface area contributed by atoms with Gasteiger partial charge in [-0.05, 0) is 6.42 Å². The standard InChI is InChI=1S/C9H14N6/c1-3-4-11-9-14-7(10-2)6-8(15-9)13-5-12-6/h5H,3-4H2,1-2H3,(H3,10,11,12,13,14,15). The Morgan fingerprint density at radius 1 is 1.40 bits per heavy atom. The van der Waals surface area contributed by atoms with Gasteiger partial charge in [0.25, 0.3) is 0 Å². The maximum Gasteiger partial charge on any atom is 0.226 e. The summed E-state index contributed by atoms with van der Waals surface area (Å²) in [4.78, 5) is 15.7. The Balaban J connectivity index is 2.40. The molecule has 0 spiro atoms. The summed E-state index contributed by atoms with van der Waals surface area (Å²) in [6, 6.07) is 0. The van der Waals surface area contributed by atoms with Crippen LogP contribution in [0.1, 0.15) is 13.3 Å². The lowest BCUT2D eigenvalue weighted by Gasteiger charge is -2.05. The number of aromatic nitrogens is 4. The zero-order valence-electron chi connectivity index (χ0n) is 8.83. The van der Waals surface area contributed by atoms with E-state index in [1.54, 1.807) is 6.33 Å². The van der Waals surface area contributed by atoms with Crippen LogP contribution >= 0.6 is 0 Å². The summed E-state index contributed by atoms with van der Waals surface area (Å²) in [5, 5.41) is 6.15. The molecule has 0 saturated carbocycles. The second-order valence-electron chi connectivity index (χ2n) is 3.17. The number of H-pyrrole nitrogens is 1. The Morgan fingerprint density at radius 2 is 2.27 bits per heavy atom. The first kappa shape index (κ1) is 9.70. The number of imidazole rings is 1. The van der Waals surface area contributed by atoms with Crippen LogP contribution in [-0.2, 0) is 0 Å². The van der Waals surface area contributed by atoms with Crippen LogP contribution in [0.3, 0.4) is 0 Å². The molecule has 2 aromatic heterocycles. The quantitative estimate of drug-likeness (QED) is 0.701. The molecule has 80 valence electrons. The SMILES string of the molecule is CCCNc1nc(NC)c2[nH]cnc2n1. The first-order valence-electron chi connectivity index (χ1n) is 4.98. The molecule has 6 heteroatoms.